The van der Waals surface area contributed by atoms with E-state index in [-0.39, 0.29) is 12.5 Å². The van der Waals surface area contributed by atoms with Gasteiger partial charge in [0.15, 0.2) is 11.7 Å². The van der Waals surface area contributed by atoms with Crippen LogP contribution in [0.2, 0.25) is 0 Å². The van der Waals surface area contributed by atoms with E-state index < -0.39 is 5.91 Å². The summed E-state index contributed by atoms with van der Waals surface area (Å²) >= 11 is 1.37. The number of carbonyl (C=O) groups excluding carboxylic acids is 2. The second kappa shape index (κ2) is 8.22. The van der Waals surface area contributed by atoms with Crippen molar-refractivity contribution >= 4 is 28.3 Å². The maximum atomic E-state index is 12.5. The summed E-state index contributed by atoms with van der Waals surface area (Å²) in [6.45, 7) is 5.97. The van der Waals surface area contributed by atoms with Crippen molar-refractivity contribution in [3.05, 3.63) is 64.0 Å². The molecule has 0 bridgehead atoms. The van der Waals surface area contributed by atoms with Crippen LogP contribution in [0.3, 0.4) is 0 Å². The molecule has 0 aliphatic rings. The third kappa shape index (κ3) is 4.55. The van der Waals surface area contributed by atoms with Gasteiger partial charge in [0.1, 0.15) is 5.75 Å². The van der Waals surface area contributed by atoms with E-state index in [2.05, 4.69) is 43.2 Å². The fourth-order valence-electron chi connectivity index (χ4n) is 2.74. The van der Waals surface area contributed by atoms with E-state index >= 15 is 0 Å². The molecule has 28 heavy (non-hydrogen) atoms. The highest BCUT2D eigenvalue weighted by atomic mass is 32.1. The Kier molecular flexibility index (Phi) is 5.75. The number of carbonyl (C=O) groups is 2. The topological polar surface area (TPSA) is 94.3 Å². The maximum Gasteiger partial charge on any atom is 0.257 e. The fourth-order valence-corrected chi connectivity index (χ4v) is 3.45. The van der Waals surface area contributed by atoms with Crippen LogP contribution in [0.5, 0.6) is 5.75 Å². The molecule has 0 spiro atoms. The van der Waals surface area contributed by atoms with Crippen molar-refractivity contribution in [2.45, 2.75) is 20.8 Å². The predicted octanol–water partition coefficient (Wildman–Crippen LogP) is 3.85. The molecule has 6 nitrogen and oxygen atoms in total. The largest absolute Gasteiger partial charge is 0.484 e. The lowest BCUT2D eigenvalue weighted by Gasteiger charge is -2.08. The Balaban J connectivity index is 1.75. The van der Waals surface area contributed by atoms with Crippen LogP contribution in [0.15, 0.2) is 41.8 Å². The molecular weight excluding hydrogens is 374 g/mol. The molecule has 144 valence electrons. The predicted molar refractivity (Wildman–Crippen MR) is 111 cm³/mol. The number of rotatable bonds is 6. The van der Waals surface area contributed by atoms with E-state index in [4.69, 9.17) is 10.5 Å². The fraction of sp³-hybridized carbons (Fsp3) is 0.190. The molecule has 0 radical (unpaired) electrons. The number of primary amides is 1. The van der Waals surface area contributed by atoms with Crippen LogP contribution < -0.4 is 15.8 Å². The molecule has 0 aliphatic carbocycles. The van der Waals surface area contributed by atoms with E-state index in [0.29, 0.717) is 16.4 Å². The number of benzene rings is 2. The first-order chi connectivity index (χ1) is 13.3. The molecule has 7 heteroatoms. The van der Waals surface area contributed by atoms with Crippen LogP contribution in [0, 0.1) is 20.8 Å². The summed E-state index contributed by atoms with van der Waals surface area (Å²) in [6, 6.07) is 10.8. The molecule has 1 aromatic heterocycles. The molecule has 2 aromatic carbocycles. The van der Waals surface area contributed by atoms with Gasteiger partial charge in [0.2, 0.25) is 0 Å². The Hall–Kier alpha value is -3.19. The lowest BCUT2D eigenvalue weighted by molar-refractivity contribution is -0.119. The summed E-state index contributed by atoms with van der Waals surface area (Å²) in [5.74, 6) is -0.480. The van der Waals surface area contributed by atoms with Gasteiger partial charge >= 0.3 is 0 Å². The van der Waals surface area contributed by atoms with Crippen molar-refractivity contribution in [1.29, 1.82) is 0 Å². The van der Waals surface area contributed by atoms with Crippen LogP contribution >= 0.6 is 11.3 Å². The highest BCUT2D eigenvalue weighted by Gasteiger charge is 2.13. The Morgan fingerprint density at radius 3 is 2.61 bits per heavy atom. The molecule has 0 atom stereocenters. The number of nitrogens with one attached hydrogen (secondary N) is 1. The van der Waals surface area contributed by atoms with Crippen LogP contribution in [-0.2, 0) is 4.79 Å². The monoisotopic (exact) mass is 395 g/mol. The molecule has 2 amide bonds. The van der Waals surface area contributed by atoms with Gasteiger partial charge in [-0.25, -0.2) is 4.98 Å². The number of ether oxygens (including phenoxy) is 1. The number of thiazole rings is 1. The lowest BCUT2D eigenvalue weighted by atomic mass is 9.99. The average Bonchev–Trinajstić information content (AvgIpc) is 3.11. The molecule has 3 rings (SSSR count). The zero-order valence-electron chi connectivity index (χ0n) is 15.9. The van der Waals surface area contributed by atoms with Crippen molar-refractivity contribution in [3.8, 4) is 17.0 Å². The van der Waals surface area contributed by atoms with Crippen molar-refractivity contribution in [1.82, 2.24) is 4.98 Å². The Labute approximate surface area is 167 Å². The van der Waals surface area contributed by atoms with Gasteiger partial charge in [0, 0.05) is 16.5 Å². The Morgan fingerprint density at radius 2 is 1.86 bits per heavy atom. The number of nitrogens with zero attached hydrogens (tertiary/aromatic N) is 1. The molecule has 0 aliphatic heterocycles. The minimum Gasteiger partial charge on any atom is -0.484 e. The third-order valence-corrected chi connectivity index (χ3v) is 5.08. The van der Waals surface area contributed by atoms with Gasteiger partial charge in [-0.1, -0.05) is 12.1 Å². The summed E-state index contributed by atoms with van der Waals surface area (Å²) in [7, 11) is 0. The van der Waals surface area contributed by atoms with Gasteiger partial charge in [0.25, 0.3) is 11.8 Å². The van der Waals surface area contributed by atoms with E-state index in [1.54, 1.807) is 24.3 Å². The summed E-state index contributed by atoms with van der Waals surface area (Å²) < 4.78 is 5.24. The number of anilines is 1. The molecule has 1 heterocycles. The zero-order chi connectivity index (χ0) is 20.3. The van der Waals surface area contributed by atoms with E-state index in [0.717, 1.165) is 16.8 Å². The SMILES string of the molecule is Cc1cc(C)c(-c2csc(NC(=O)c3cccc(OCC(N)=O)c3)n2)cc1C. The number of aromatic nitrogens is 1. The molecule has 3 aromatic rings. The quantitative estimate of drug-likeness (QED) is 0.663. The van der Waals surface area contributed by atoms with Crippen LogP contribution in [0.4, 0.5) is 5.13 Å². The van der Waals surface area contributed by atoms with Crippen LogP contribution in [-0.4, -0.2) is 23.4 Å². The highest BCUT2D eigenvalue weighted by Crippen LogP contribution is 2.29. The van der Waals surface area contributed by atoms with E-state index in [1.165, 1.54) is 22.5 Å². The number of aryl methyl sites for hydroxylation is 3. The smallest absolute Gasteiger partial charge is 0.257 e. The van der Waals surface area contributed by atoms with Gasteiger partial charge in [-0.15, -0.1) is 11.3 Å². The highest BCUT2D eigenvalue weighted by molar-refractivity contribution is 7.14. The molecule has 0 unspecified atom stereocenters. The standard InChI is InChI=1S/C21H21N3O3S/c1-12-7-14(3)17(8-13(12)2)18-11-28-21(23-18)24-20(26)15-5-4-6-16(9-15)27-10-19(22)25/h4-9,11H,10H2,1-3H3,(H2,22,25)(H,23,24,26). The summed E-state index contributed by atoms with van der Waals surface area (Å²) in [5, 5.41) is 5.25. The van der Waals surface area contributed by atoms with Gasteiger partial charge in [-0.05, 0) is 61.7 Å². The second-order valence-electron chi connectivity index (χ2n) is 6.53. The molecule has 3 N–H and O–H groups in total. The van der Waals surface area contributed by atoms with Crippen molar-refractivity contribution in [2.24, 2.45) is 5.73 Å². The van der Waals surface area contributed by atoms with Crippen molar-refractivity contribution < 1.29 is 14.3 Å². The van der Waals surface area contributed by atoms with Gasteiger partial charge < -0.3 is 10.5 Å². The van der Waals surface area contributed by atoms with E-state index in [1.807, 2.05) is 5.38 Å². The first-order valence-electron chi connectivity index (χ1n) is 8.70. The number of nitrogens with two attached hydrogens (primary N) is 1. The minimum atomic E-state index is -0.577. The molecule has 0 saturated carbocycles. The van der Waals surface area contributed by atoms with Gasteiger partial charge in [-0.3, -0.25) is 14.9 Å². The lowest BCUT2D eigenvalue weighted by Crippen LogP contribution is -2.20. The molecule has 0 fully saturated rings. The van der Waals surface area contributed by atoms with Crippen molar-refractivity contribution in [2.75, 3.05) is 11.9 Å². The normalized spacial score (nSPS) is 10.5. The maximum absolute atomic E-state index is 12.5. The zero-order valence-corrected chi connectivity index (χ0v) is 16.7. The molecular formula is C21H21N3O3S. The minimum absolute atomic E-state index is 0.240. The molecule has 0 saturated heterocycles. The number of amides is 2. The first kappa shape index (κ1) is 19.6. The Morgan fingerprint density at radius 1 is 1.11 bits per heavy atom. The first-order valence-corrected chi connectivity index (χ1v) is 9.57. The van der Waals surface area contributed by atoms with Crippen molar-refractivity contribution in [3.63, 3.8) is 0 Å². The summed E-state index contributed by atoms with van der Waals surface area (Å²) in [6.07, 6.45) is 0. The third-order valence-electron chi connectivity index (χ3n) is 4.32. The van der Waals surface area contributed by atoms with Crippen LogP contribution in [0.1, 0.15) is 27.0 Å². The summed E-state index contributed by atoms with van der Waals surface area (Å²) in [4.78, 5) is 27.9. The van der Waals surface area contributed by atoms with E-state index in [9.17, 15) is 9.59 Å². The summed E-state index contributed by atoms with van der Waals surface area (Å²) in [5.41, 5.74) is 10.9. The number of hydrogen-bond donors (Lipinski definition) is 2. The van der Waals surface area contributed by atoms with Gasteiger partial charge in [0.05, 0.1) is 5.69 Å². The second-order valence-corrected chi connectivity index (χ2v) is 7.38. The van der Waals surface area contributed by atoms with Crippen LogP contribution in [0.25, 0.3) is 11.3 Å². The van der Waals surface area contributed by atoms with Gasteiger partial charge in [-0.2, -0.15) is 0 Å². The average molecular weight is 395 g/mol. The Bertz CT molecular complexity index is 1040. The number of hydrogen-bond acceptors (Lipinski definition) is 5.